The van der Waals surface area contributed by atoms with Crippen molar-refractivity contribution in [1.82, 2.24) is 0 Å². The van der Waals surface area contributed by atoms with Gasteiger partial charge in [-0.05, 0) is 96.3 Å². The van der Waals surface area contributed by atoms with E-state index in [4.69, 9.17) is 37.0 Å². The van der Waals surface area contributed by atoms with Gasteiger partial charge in [-0.25, -0.2) is 9.13 Å². The molecule has 0 aliphatic carbocycles. The normalized spacial score (nSPS) is 14.3. The van der Waals surface area contributed by atoms with Crippen LogP contribution >= 0.6 is 15.6 Å². The molecule has 5 atom stereocenters. The van der Waals surface area contributed by atoms with Crippen LogP contribution in [0, 0.1) is 0 Å². The van der Waals surface area contributed by atoms with Crippen molar-refractivity contribution >= 4 is 39.5 Å². The zero-order chi connectivity index (χ0) is 73.2. The van der Waals surface area contributed by atoms with Gasteiger partial charge in [0.1, 0.15) is 19.3 Å². The third-order valence-corrected chi connectivity index (χ3v) is 19.1. The molecule has 0 aromatic heterocycles. The fraction of sp³-hybridized carbons (Fsp3) is 0.802. The fourth-order valence-electron chi connectivity index (χ4n) is 11.0. The van der Waals surface area contributed by atoms with Crippen LogP contribution in [0.5, 0.6) is 0 Å². The summed E-state index contributed by atoms with van der Waals surface area (Å²) >= 11 is 0. The fourth-order valence-corrected chi connectivity index (χ4v) is 12.6. The minimum absolute atomic E-state index is 0.0186. The Morgan fingerprint density at radius 1 is 0.280 bits per heavy atom. The second-order valence-electron chi connectivity index (χ2n) is 27.0. The molecule has 0 saturated carbocycles. The zero-order valence-electron chi connectivity index (χ0n) is 63.6. The number of aliphatic hydroxyl groups excluding tert-OH is 1. The number of carbonyl (C=O) groups is 4. The number of hydrogen-bond acceptors (Lipinski definition) is 15. The van der Waals surface area contributed by atoms with Crippen LogP contribution in [0.25, 0.3) is 0 Å². The predicted molar refractivity (Wildman–Crippen MR) is 409 cm³/mol. The molecule has 0 heterocycles. The Morgan fingerprint density at radius 2 is 0.500 bits per heavy atom. The molecule has 0 aliphatic heterocycles. The van der Waals surface area contributed by atoms with Gasteiger partial charge in [-0.3, -0.25) is 37.3 Å². The quantitative estimate of drug-likeness (QED) is 0.0169. The van der Waals surface area contributed by atoms with Crippen LogP contribution in [0.1, 0.15) is 362 Å². The maximum absolute atomic E-state index is 13.1. The van der Waals surface area contributed by atoms with E-state index in [0.29, 0.717) is 32.1 Å². The summed E-state index contributed by atoms with van der Waals surface area (Å²) in [6.07, 6.45) is 74.5. The van der Waals surface area contributed by atoms with E-state index in [1.807, 2.05) is 12.2 Å². The number of phosphoric acid groups is 2. The Morgan fingerprint density at radius 3 is 0.810 bits per heavy atom. The maximum Gasteiger partial charge on any atom is 0.472 e. The highest BCUT2D eigenvalue weighted by Crippen LogP contribution is 2.45. The van der Waals surface area contributed by atoms with Crippen LogP contribution in [0.2, 0.25) is 0 Å². The van der Waals surface area contributed by atoms with Gasteiger partial charge in [0.2, 0.25) is 0 Å². The Labute approximate surface area is 609 Å². The highest BCUT2D eigenvalue weighted by molar-refractivity contribution is 7.47. The van der Waals surface area contributed by atoms with Gasteiger partial charge in [-0.15, -0.1) is 0 Å². The molecule has 0 spiro atoms. The van der Waals surface area contributed by atoms with Crippen molar-refractivity contribution in [2.24, 2.45) is 0 Å². The van der Waals surface area contributed by atoms with Gasteiger partial charge >= 0.3 is 39.5 Å². The van der Waals surface area contributed by atoms with Crippen molar-refractivity contribution in [2.45, 2.75) is 380 Å². The lowest BCUT2D eigenvalue weighted by atomic mass is 10.0. The first-order chi connectivity index (χ1) is 48.7. The molecule has 17 nitrogen and oxygen atoms in total. The maximum atomic E-state index is 13.1. The second-order valence-corrected chi connectivity index (χ2v) is 29.9. The number of hydrogen-bond donors (Lipinski definition) is 3. The number of allylic oxidation sites excluding steroid dienone is 12. The summed E-state index contributed by atoms with van der Waals surface area (Å²) in [5.74, 6) is -2.22. The number of phosphoric ester groups is 2. The molecule has 19 heteroatoms. The molecular weight excluding hydrogens is 1310 g/mol. The van der Waals surface area contributed by atoms with Crippen LogP contribution in [0.4, 0.5) is 0 Å². The van der Waals surface area contributed by atoms with Crippen LogP contribution in [0.15, 0.2) is 72.9 Å². The Kier molecular flexibility index (Phi) is 71.2. The number of aliphatic hydroxyl groups is 1. The molecule has 0 aromatic carbocycles. The van der Waals surface area contributed by atoms with Crippen molar-refractivity contribution in [3.8, 4) is 0 Å². The van der Waals surface area contributed by atoms with E-state index < -0.39 is 97.5 Å². The number of carbonyl (C=O) groups excluding carboxylic acids is 4. The van der Waals surface area contributed by atoms with Gasteiger partial charge in [-0.2, -0.15) is 0 Å². The third kappa shape index (κ3) is 72.8. The van der Waals surface area contributed by atoms with Gasteiger partial charge in [0.25, 0.3) is 0 Å². The van der Waals surface area contributed by atoms with Gasteiger partial charge < -0.3 is 33.8 Å². The summed E-state index contributed by atoms with van der Waals surface area (Å²) in [6, 6.07) is 0. The van der Waals surface area contributed by atoms with Crippen LogP contribution in [-0.2, 0) is 65.4 Å². The van der Waals surface area contributed by atoms with Crippen molar-refractivity contribution in [2.75, 3.05) is 39.6 Å². The molecule has 0 amide bonds. The summed E-state index contributed by atoms with van der Waals surface area (Å²) in [5, 5.41) is 10.6. The summed E-state index contributed by atoms with van der Waals surface area (Å²) in [5.41, 5.74) is 0. The van der Waals surface area contributed by atoms with E-state index in [-0.39, 0.29) is 25.7 Å². The van der Waals surface area contributed by atoms with Gasteiger partial charge in [0, 0.05) is 25.7 Å². The highest BCUT2D eigenvalue weighted by Gasteiger charge is 2.30. The minimum atomic E-state index is -4.99. The van der Waals surface area contributed by atoms with E-state index in [0.717, 1.165) is 116 Å². The van der Waals surface area contributed by atoms with E-state index in [2.05, 4.69) is 88.5 Å². The van der Waals surface area contributed by atoms with E-state index in [1.54, 1.807) is 0 Å². The molecule has 0 radical (unpaired) electrons. The highest BCUT2D eigenvalue weighted by atomic mass is 31.2. The number of esters is 4. The second kappa shape index (κ2) is 73.8. The topological polar surface area (TPSA) is 237 Å². The lowest BCUT2D eigenvalue weighted by Gasteiger charge is -2.21. The number of ether oxygens (including phenoxy) is 4. The molecule has 0 bridgehead atoms. The van der Waals surface area contributed by atoms with E-state index >= 15 is 0 Å². The summed E-state index contributed by atoms with van der Waals surface area (Å²) in [4.78, 5) is 72.9. The molecule has 3 N–H and O–H groups in total. The smallest absolute Gasteiger partial charge is 0.462 e. The first kappa shape index (κ1) is 96.5. The van der Waals surface area contributed by atoms with Crippen LogP contribution in [0.3, 0.4) is 0 Å². The van der Waals surface area contributed by atoms with Gasteiger partial charge in [0.05, 0.1) is 26.4 Å². The Hall–Kier alpha value is -3.50. The molecule has 0 aliphatic rings. The summed E-state index contributed by atoms with van der Waals surface area (Å²) < 4.78 is 68.5. The lowest BCUT2D eigenvalue weighted by Crippen LogP contribution is -2.30. The number of unbranched alkanes of at least 4 members (excludes halogenated alkanes) is 38. The molecule has 582 valence electrons. The average Bonchev–Trinajstić information content (AvgIpc) is 1.22. The van der Waals surface area contributed by atoms with Gasteiger partial charge in [0.15, 0.2) is 12.2 Å². The minimum Gasteiger partial charge on any atom is -0.462 e. The summed E-state index contributed by atoms with van der Waals surface area (Å²) in [6.45, 7) is 4.81. The van der Waals surface area contributed by atoms with Crippen LogP contribution < -0.4 is 0 Å². The first-order valence-electron chi connectivity index (χ1n) is 40.2. The average molecular weight is 1450 g/mol. The van der Waals surface area contributed by atoms with Crippen molar-refractivity contribution < 1.29 is 80.2 Å². The Bertz CT molecular complexity index is 2180. The summed E-state index contributed by atoms with van der Waals surface area (Å²) in [7, 11) is -9.96. The standard InChI is InChI=1S/C81H146O17P2/c1-5-9-13-17-21-25-29-33-36-37-40-44-48-52-56-60-64-68-81(86)98-77(72-92-79(84)66-62-58-54-50-46-42-38-34-30-26-22-18-14-10-6-2)74-96-100(89,90)94-70-75(82)69-93-99(87,88)95-73-76(71-91-78(83)65-61-57-53-49-45-41-32-28-24-20-16-12-8-4)97-80(85)67-63-59-55-51-47-43-39-35-31-27-23-19-15-11-7-3/h21-22,25-26,33-34,36,38,40,44,52,56,75-77,82H,5-20,23-24,27-32,35,37,39,41-43,45-51,53-55,57-74H2,1-4H3,(H,87,88)(H,89,90)/b25-21-,26-22-,36-33-,38-34-,44-40-,56-52-/t75-,76+,77+/m0/s1. The Balaban J connectivity index is 5.39. The molecule has 0 fully saturated rings. The van der Waals surface area contributed by atoms with Crippen LogP contribution in [-0.4, -0.2) is 96.7 Å². The van der Waals surface area contributed by atoms with Crippen molar-refractivity contribution in [3.63, 3.8) is 0 Å². The zero-order valence-corrected chi connectivity index (χ0v) is 65.4. The lowest BCUT2D eigenvalue weighted by molar-refractivity contribution is -0.161. The first-order valence-corrected chi connectivity index (χ1v) is 43.2. The van der Waals surface area contributed by atoms with Crippen molar-refractivity contribution in [1.29, 1.82) is 0 Å². The SMILES string of the molecule is CCCCC/C=C\C/C=C\C/C=C\C/C=C\CCCC(=O)O[C@H](COC(=O)CCCCCCC/C=C\C/C=C\CCCCC)COP(=O)(O)OC[C@@H](O)COP(=O)(O)OC[C@@H](COC(=O)CCCCCCCCCCCCCCC)OC(=O)CCCCCCCCCCCCCCCCC. The third-order valence-electron chi connectivity index (χ3n) is 17.2. The molecule has 0 saturated heterocycles. The monoisotopic (exact) mass is 1450 g/mol. The molecular formula is C81H146O17P2. The van der Waals surface area contributed by atoms with E-state index in [9.17, 15) is 43.2 Å². The largest absolute Gasteiger partial charge is 0.472 e. The molecule has 0 aromatic rings. The molecule has 2 unspecified atom stereocenters. The molecule has 0 rings (SSSR count). The van der Waals surface area contributed by atoms with Crippen molar-refractivity contribution in [3.05, 3.63) is 72.9 Å². The van der Waals surface area contributed by atoms with Gasteiger partial charge in [-0.1, -0.05) is 312 Å². The predicted octanol–water partition coefficient (Wildman–Crippen LogP) is 23.2. The number of rotatable bonds is 76. The molecule has 100 heavy (non-hydrogen) atoms. The van der Waals surface area contributed by atoms with E-state index in [1.165, 1.54) is 161 Å².